The Morgan fingerprint density at radius 2 is 2.26 bits per heavy atom. The fourth-order valence-corrected chi connectivity index (χ4v) is 2.44. The minimum Gasteiger partial charge on any atom is -0.416 e. The Balaban J connectivity index is 2.52. The third-order valence-electron chi connectivity index (χ3n) is 2.19. The highest BCUT2D eigenvalue weighted by molar-refractivity contribution is 7.16. The molecule has 100 valence electrons. The Kier molecular flexibility index (Phi) is 4.06. The molecule has 2 aromatic rings. The molecular formula is C11H7ClF2N2O2S. The van der Waals surface area contributed by atoms with E-state index >= 15 is 0 Å². The molecule has 0 atom stereocenters. The highest BCUT2D eigenvalue weighted by Gasteiger charge is 2.17. The number of halogens is 3. The molecule has 2 rings (SSSR count). The third-order valence-corrected chi connectivity index (χ3v) is 3.51. The van der Waals surface area contributed by atoms with Crippen molar-refractivity contribution < 1.29 is 18.3 Å². The van der Waals surface area contributed by atoms with Gasteiger partial charge in [0.05, 0.1) is 21.2 Å². The van der Waals surface area contributed by atoms with Gasteiger partial charge in [0.1, 0.15) is 5.01 Å². The van der Waals surface area contributed by atoms with E-state index in [1.54, 1.807) is 6.92 Å². The van der Waals surface area contributed by atoms with Crippen molar-refractivity contribution in [3.05, 3.63) is 27.9 Å². The molecule has 0 radical (unpaired) electrons. The molecule has 0 saturated heterocycles. The van der Waals surface area contributed by atoms with Crippen molar-refractivity contribution in [3.8, 4) is 16.5 Å². The summed E-state index contributed by atoms with van der Waals surface area (Å²) < 4.78 is 28.9. The molecule has 0 amide bonds. The number of nitrogens with zero attached hydrogens (tertiary/aromatic N) is 2. The van der Waals surface area contributed by atoms with Crippen LogP contribution in [0.2, 0.25) is 5.02 Å². The Labute approximate surface area is 116 Å². The lowest BCUT2D eigenvalue weighted by Crippen LogP contribution is -2.04. The molecule has 2 aromatic heterocycles. The van der Waals surface area contributed by atoms with E-state index in [9.17, 15) is 13.6 Å². The van der Waals surface area contributed by atoms with Crippen LogP contribution >= 0.6 is 22.9 Å². The first kappa shape index (κ1) is 13.8. The summed E-state index contributed by atoms with van der Waals surface area (Å²) >= 11 is 6.85. The van der Waals surface area contributed by atoms with Crippen LogP contribution in [0.3, 0.4) is 0 Å². The van der Waals surface area contributed by atoms with E-state index in [0.717, 1.165) is 11.3 Å². The van der Waals surface area contributed by atoms with Crippen LogP contribution in [0.4, 0.5) is 8.78 Å². The van der Waals surface area contributed by atoms with Crippen LogP contribution in [0.5, 0.6) is 5.88 Å². The van der Waals surface area contributed by atoms with E-state index in [2.05, 4.69) is 14.7 Å². The van der Waals surface area contributed by atoms with Crippen LogP contribution in [0.15, 0.2) is 12.3 Å². The quantitative estimate of drug-likeness (QED) is 0.810. The van der Waals surface area contributed by atoms with Crippen molar-refractivity contribution in [2.45, 2.75) is 13.5 Å². The van der Waals surface area contributed by atoms with Crippen molar-refractivity contribution in [1.29, 1.82) is 0 Å². The first-order valence-corrected chi connectivity index (χ1v) is 6.24. The molecule has 2 heterocycles. The molecule has 0 aliphatic rings. The molecule has 0 saturated carbocycles. The summed E-state index contributed by atoms with van der Waals surface area (Å²) in [7, 11) is 0. The zero-order chi connectivity index (χ0) is 14.0. The zero-order valence-corrected chi connectivity index (χ0v) is 11.1. The number of pyridine rings is 1. The molecule has 0 fully saturated rings. The summed E-state index contributed by atoms with van der Waals surface area (Å²) in [6, 6.07) is 1.42. The molecule has 4 nitrogen and oxygen atoms in total. The lowest BCUT2D eigenvalue weighted by molar-refractivity contribution is -0.0524. The highest BCUT2D eigenvalue weighted by atomic mass is 35.5. The van der Waals surface area contributed by atoms with Crippen LogP contribution in [0, 0.1) is 6.92 Å². The molecular weight excluding hydrogens is 298 g/mol. The van der Waals surface area contributed by atoms with Gasteiger partial charge in [-0.3, -0.25) is 4.79 Å². The second kappa shape index (κ2) is 5.58. The molecule has 19 heavy (non-hydrogen) atoms. The molecule has 0 spiro atoms. The fourth-order valence-electron chi connectivity index (χ4n) is 1.39. The second-order valence-electron chi connectivity index (χ2n) is 3.47. The smallest absolute Gasteiger partial charge is 0.388 e. The van der Waals surface area contributed by atoms with E-state index in [1.807, 2.05) is 0 Å². The third kappa shape index (κ3) is 3.05. The average molecular weight is 305 g/mol. The van der Waals surface area contributed by atoms with E-state index in [4.69, 9.17) is 11.6 Å². The molecule has 0 N–H and O–H groups in total. The van der Waals surface area contributed by atoms with Gasteiger partial charge in [-0.1, -0.05) is 11.6 Å². The Morgan fingerprint density at radius 3 is 2.84 bits per heavy atom. The predicted octanol–water partition coefficient (Wildman–Crippen LogP) is 3.58. The number of aldehydes is 1. The normalized spacial score (nSPS) is 10.8. The number of carbonyl (C=O) groups is 1. The maximum absolute atomic E-state index is 12.3. The summed E-state index contributed by atoms with van der Waals surface area (Å²) in [6.07, 6.45) is 1.85. The molecule has 0 aromatic carbocycles. The van der Waals surface area contributed by atoms with Gasteiger partial charge in [-0.25, -0.2) is 9.97 Å². The number of hydrogen-bond donors (Lipinski definition) is 0. The van der Waals surface area contributed by atoms with Gasteiger partial charge in [0.15, 0.2) is 6.29 Å². The van der Waals surface area contributed by atoms with Crippen LogP contribution in [0.25, 0.3) is 10.6 Å². The standard InChI is InChI=1S/C11H7ClF2N2O2S/c1-5-8(4-17)19-10(16-5)7-2-6(12)3-15-9(7)18-11(13)14/h2-4,11H,1H3. The molecule has 0 aliphatic heterocycles. The summed E-state index contributed by atoms with van der Waals surface area (Å²) in [5.41, 5.74) is 0.743. The predicted molar refractivity (Wildman–Crippen MR) is 67.1 cm³/mol. The van der Waals surface area contributed by atoms with Gasteiger partial charge in [-0.15, -0.1) is 11.3 Å². The number of ether oxygens (including phenoxy) is 1. The monoisotopic (exact) mass is 304 g/mol. The number of carbonyl (C=O) groups excluding carboxylic acids is 1. The Morgan fingerprint density at radius 1 is 1.53 bits per heavy atom. The van der Waals surface area contributed by atoms with Crippen molar-refractivity contribution in [3.63, 3.8) is 0 Å². The van der Waals surface area contributed by atoms with Gasteiger partial charge in [-0.2, -0.15) is 8.78 Å². The van der Waals surface area contributed by atoms with Gasteiger partial charge in [0, 0.05) is 6.20 Å². The molecule has 0 unspecified atom stereocenters. The van der Waals surface area contributed by atoms with E-state index in [-0.39, 0.29) is 16.5 Å². The van der Waals surface area contributed by atoms with Gasteiger partial charge in [0.2, 0.25) is 5.88 Å². The van der Waals surface area contributed by atoms with E-state index < -0.39 is 6.61 Å². The number of rotatable bonds is 4. The average Bonchev–Trinajstić information content (AvgIpc) is 2.72. The number of thiazole rings is 1. The lowest BCUT2D eigenvalue weighted by Gasteiger charge is -2.07. The zero-order valence-electron chi connectivity index (χ0n) is 9.56. The van der Waals surface area contributed by atoms with Crippen LogP contribution in [-0.2, 0) is 0 Å². The summed E-state index contributed by atoms with van der Waals surface area (Å²) in [6.45, 7) is -1.35. The van der Waals surface area contributed by atoms with Crippen LogP contribution in [-0.4, -0.2) is 22.9 Å². The van der Waals surface area contributed by atoms with E-state index in [1.165, 1.54) is 12.3 Å². The molecule has 0 aliphatic carbocycles. The molecule has 8 heteroatoms. The maximum atomic E-state index is 12.3. The van der Waals surface area contributed by atoms with Crippen molar-refractivity contribution >= 4 is 29.2 Å². The summed E-state index contributed by atoms with van der Waals surface area (Å²) in [5.74, 6) is -0.273. The topological polar surface area (TPSA) is 52.1 Å². The van der Waals surface area contributed by atoms with Crippen LogP contribution in [0.1, 0.15) is 15.4 Å². The van der Waals surface area contributed by atoms with Crippen molar-refractivity contribution in [2.24, 2.45) is 0 Å². The van der Waals surface area contributed by atoms with Crippen molar-refractivity contribution in [2.75, 3.05) is 0 Å². The Bertz CT molecular complexity index is 619. The Hall–Kier alpha value is -1.60. The van der Waals surface area contributed by atoms with Gasteiger partial charge < -0.3 is 4.74 Å². The second-order valence-corrected chi connectivity index (χ2v) is 4.94. The van der Waals surface area contributed by atoms with Gasteiger partial charge in [0.25, 0.3) is 0 Å². The first-order valence-electron chi connectivity index (χ1n) is 5.04. The number of aryl methyl sites for hydroxylation is 1. The van der Waals surface area contributed by atoms with Crippen molar-refractivity contribution in [1.82, 2.24) is 9.97 Å². The summed E-state index contributed by atoms with van der Waals surface area (Å²) in [5, 5.41) is 0.613. The first-order chi connectivity index (χ1) is 9.01. The van der Waals surface area contributed by atoms with E-state index in [0.29, 0.717) is 21.9 Å². The van der Waals surface area contributed by atoms with Gasteiger partial charge >= 0.3 is 6.61 Å². The lowest BCUT2D eigenvalue weighted by atomic mass is 10.3. The number of hydrogen-bond acceptors (Lipinski definition) is 5. The SMILES string of the molecule is Cc1nc(-c2cc(Cl)cnc2OC(F)F)sc1C=O. The number of aromatic nitrogens is 2. The van der Waals surface area contributed by atoms with Crippen LogP contribution < -0.4 is 4.74 Å². The fraction of sp³-hybridized carbons (Fsp3) is 0.182. The summed E-state index contributed by atoms with van der Waals surface area (Å²) in [4.78, 5) is 19.0. The minimum atomic E-state index is -3.00. The maximum Gasteiger partial charge on any atom is 0.388 e. The minimum absolute atomic E-state index is 0.231. The highest BCUT2D eigenvalue weighted by Crippen LogP contribution is 2.34. The van der Waals surface area contributed by atoms with Gasteiger partial charge in [-0.05, 0) is 13.0 Å². The number of alkyl halides is 2. The largest absolute Gasteiger partial charge is 0.416 e. The molecule has 0 bridgehead atoms.